The molecule has 5 amide bonds. The summed E-state index contributed by atoms with van der Waals surface area (Å²) in [5.74, 6) is -2.62. The van der Waals surface area contributed by atoms with Crippen molar-refractivity contribution in [1.82, 2.24) is 14.7 Å². The first-order valence-electron chi connectivity index (χ1n) is 13.6. The van der Waals surface area contributed by atoms with Crippen LogP contribution < -0.4 is 10.0 Å². The molecular formula is C30H30ClN5O7S. The fourth-order valence-electron chi connectivity index (χ4n) is 5.19. The summed E-state index contributed by atoms with van der Waals surface area (Å²) in [6.07, 6.45) is -0.797. The van der Waals surface area contributed by atoms with Crippen LogP contribution in [-0.4, -0.2) is 79.8 Å². The van der Waals surface area contributed by atoms with Gasteiger partial charge >= 0.3 is 6.03 Å². The van der Waals surface area contributed by atoms with Crippen molar-refractivity contribution in [3.05, 3.63) is 88.4 Å². The minimum atomic E-state index is -4.15. The number of benzene rings is 3. The van der Waals surface area contributed by atoms with Gasteiger partial charge in [-0.1, -0.05) is 54.1 Å². The van der Waals surface area contributed by atoms with Gasteiger partial charge in [0, 0.05) is 32.9 Å². The Morgan fingerprint density at radius 1 is 1.00 bits per heavy atom. The van der Waals surface area contributed by atoms with Gasteiger partial charge in [-0.05, 0) is 54.3 Å². The first-order valence-corrected chi connectivity index (χ1v) is 15.5. The number of nitrogens with zero attached hydrogens (tertiary/aromatic N) is 3. The third-order valence-corrected chi connectivity index (χ3v) is 9.30. The van der Waals surface area contributed by atoms with Crippen molar-refractivity contribution in [3.63, 3.8) is 0 Å². The third-order valence-electron chi connectivity index (χ3n) is 7.61. The first-order chi connectivity index (χ1) is 20.9. The van der Waals surface area contributed by atoms with Crippen LogP contribution in [0.2, 0.25) is 5.02 Å². The highest BCUT2D eigenvalue weighted by molar-refractivity contribution is 7.92. The van der Waals surface area contributed by atoms with E-state index in [4.69, 9.17) is 16.3 Å². The predicted molar refractivity (Wildman–Crippen MR) is 162 cm³/mol. The van der Waals surface area contributed by atoms with E-state index in [-0.39, 0.29) is 34.4 Å². The predicted octanol–water partition coefficient (Wildman–Crippen LogP) is 3.21. The number of carbonyl (C=O) groups is 4. The van der Waals surface area contributed by atoms with Crippen LogP contribution in [0.4, 0.5) is 16.2 Å². The van der Waals surface area contributed by atoms with E-state index in [1.807, 2.05) is 24.3 Å². The number of para-hydroxylation sites is 1. The third kappa shape index (κ3) is 5.85. The van der Waals surface area contributed by atoms with Gasteiger partial charge in [-0.3, -0.25) is 24.0 Å². The Hall–Kier alpha value is -4.46. The fraction of sp³-hybridized carbons (Fsp3) is 0.267. The van der Waals surface area contributed by atoms with E-state index < -0.39 is 46.0 Å². The Bertz CT molecular complexity index is 1770. The standard InChI is InChI=1S/C30H30ClN5O7S/c1-18-12-13-21(44(41,42)33-23-11-7-6-10-22(23)31)16-24(18)32-26(37)25(36-28(39)29(43-3)34(2)30(36)40)27(38)35-15-14-19-8-4-5-9-20(19)17-35/h4-13,16,25,29,33H,14-15,17H2,1-3H3,(H,32,37). The molecule has 0 bridgehead atoms. The number of hydrogen-bond donors (Lipinski definition) is 2. The van der Waals surface area contributed by atoms with Gasteiger partial charge in [0.15, 0.2) is 6.04 Å². The Labute approximate surface area is 259 Å². The van der Waals surface area contributed by atoms with Crippen LogP contribution in [0.1, 0.15) is 16.7 Å². The number of fused-ring (bicyclic) bond motifs is 1. The van der Waals surface area contributed by atoms with E-state index in [2.05, 4.69) is 10.0 Å². The van der Waals surface area contributed by atoms with Crippen molar-refractivity contribution in [2.75, 3.05) is 30.7 Å². The van der Waals surface area contributed by atoms with Crippen LogP contribution in [0.3, 0.4) is 0 Å². The Kier molecular flexibility index (Phi) is 8.64. The number of urea groups is 1. The molecule has 12 nitrogen and oxygen atoms in total. The zero-order valence-corrected chi connectivity index (χ0v) is 25.7. The second kappa shape index (κ2) is 12.3. The lowest BCUT2D eigenvalue weighted by atomic mass is 9.99. The summed E-state index contributed by atoms with van der Waals surface area (Å²) < 4.78 is 34.0. The average molecular weight is 640 g/mol. The molecule has 2 atom stereocenters. The Balaban J connectivity index is 1.47. The van der Waals surface area contributed by atoms with Crippen molar-refractivity contribution >= 4 is 56.8 Å². The van der Waals surface area contributed by atoms with E-state index in [9.17, 15) is 27.6 Å². The van der Waals surface area contributed by atoms with Crippen molar-refractivity contribution in [2.24, 2.45) is 0 Å². The second-order valence-corrected chi connectivity index (χ2v) is 12.5. The van der Waals surface area contributed by atoms with Crippen molar-refractivity contribution in [2.45, 2.75) is 37.1 Å². The Morgan fingerprint density at radius 3 is 2.36 bits per heavy atom. The second-order valence-electron chi connectivity index (χ2n) is 10.4. The molecule has 3 aromatic carbocycles. The minimum Gasteiger partial charge on any atom is -0.353 e. The van der Waals surface area contributed by atoms with Crippen LogP contribution in [0, 0.1) is 6.92 Å². The molecule has 14 heteroatoms. The van der Waals surface area contributed by atoms with E-state index in [1.54, 1.807) is 19.1 Å². The first kappa shape index (κ1) is 31.0. The largest absolute Gasteiger partial charge is 0.353 e. The molecule has 0 aromatic heterocycles. The van der Waals surface area contributed by atoms with Crippen LogP contribution in [-0.2, 0) is 42.1 Å². The molecule has 3 aromatic rings. The van der Waals surface area contributed by atoms with Gasteiger partial charge in [-0.15, -0.1) is 0 Å². The number of anilines is 2. The molecule has 1 fully saturated rings. The number of halogens is 1. The lowest BCUT2D eigenvalue weighted by molar-refractivity contribution is -0.150. The lowest BCUT2D eigenvalue weighted by Crippen LogP contribution is -2.57. The molecule has 2 aliphatic rings. The topological polar surface area (TPSA) is 145 Å². The summed E-state index contributed by atoms with van der Waals surface area (Å²) in [5.41, 5.74) is 2.65. The van der Waals surface area contributed by atoms with Crippen LogP contribution in [0.25, 0.3) is 0 Å². The highest BCUT2D eigenvalue weighted by Gasteiger charge is 2.52. The van der Waals surface area contributed by atoms with Gasteiger partial charge in [-0.25, -0.2) is 18.1 Å². The number of nitrogens with one attached hydrogen (secondary N) is 2. The molecule has 2 aliphatic heterocycles. The number of hydrogen-bond acceptors (Lipinski definition) is 7. The van der Waals surface area contributed by atoms with Crippen LogP contribution in [0.5, 0.6) is 0 Å². The van der Waals surface area contributed by atoms with Crippen molar-refractivity contribution in [3.8, 4) is 0 Å². The quantitative estimate of drug-likeness (QED) is 0.284. The molecule has 44 heavy (non-hydrogen) atoms. The van der Waals surface area contributed by atoms with Crippen molar-refractivity contribution in [1.29, 1.82) is 0 Å². The molecule has 2 N–H and O–H groups in total. The number of aryl methyl sites for hydroxylation is 1. The zero-order valence-electron chi connectivity index (χ0n) is 24.1. The van der Waals surface area contributed by atoms with Gasteiger partial charge in [0.25, 0.3) is 27.7 Å². The maximum atomic E-state index is 14.0. The SMILES string of the molecule is COC1C(=O)N(C(C(=O)Nc2cc(S(=O)(=O)Nc3ccccc3Cl)ccc2C)C(=O)N2CCc3ccccc3C2)C(=O)N1C. The number of rotatable bonds is 8. The Morgan fingerprint density at radius 2 is 1.68 bits per heavy atom. The van der Waals surface area contributed by atoms with E-state index in [0.717, 1.165) is 16.0 Å². The molecule has 1 saturated heterocycles. The molecule has 0 aliphatic carbocycles. The van der Waals surface area contributed by atoms with Gasteiger partial charge in [0.1, 0.15) is 0 Å². The van der Waals surface area contributed by atoms with Crippen LogP contribution >= 0.6 is 11.6 Å². The van der Waals surface area contributed by atoms with Gasteiger partial charge < -0.3 is 15.0 Å². The molecule has 0 spiro atoms. The zero-order chi connectivity index (χ0) is 31.8. The van der Waals surface area contributed by atoms with Gasteiger partial charge in [0.2, 0.25) is 6.23 Å². The molecule has 230 valence electrons. The normalized spacial score (nSPS) is 17.4. The highest BCUT2D eigenvalue weighted by Crippen LogP contribution is 2.28. The molecular weight excluding hydrogens is 610 g/mol. The summed E-state index contributed by atoms with van der Waals surface area (Å²) in [7, 11) is -1.58. The monoisotopic (exact) mass is 639 g/mol. The van der Waals surface area contributed by atoms with Gasteiger partial charge in [-0.2, -0.15) is 0 Å². The summed E-state index contributed by atoms with van der Waals surface area (Å²) in [6, 6.07) is 15.2. The van der Waals surface area contributed by atoms with E-state index >= 15 is 0 Å². The number of carbonyl (C=O) groups excluding carboxylic acids is 4. The number of imide groups is 1. The number of methoxy groups -OCH3 is 1. The van der Waals surface area contributed by atoms with Crippen LogP contribution in [0.15, 0.2) is 71.6 Å². The summed E-state index contributed by atoms with van der Waals surface area (Å²) in [4.78, 5) is 57.3. The molecule has 0 saturated carbocycles. The lowest BCUT2D eigenvalue weighted by Gasteiger charge is -2.33. The number of likely N-dealkylation sites (N-methyl/N-ethyl adjacent to an activating group) is 1. The summed E-state index contributed by atoms with van der Waals surface area (Å²) >= 11 is 6.12. The molecule has 2 unspecified atom stereocenters. The highest BCUT2D eigenvalue weighted by atomic mass is 35.5. The average Bonchev–Trinajstić information content (AvgIpc) is 3.21. The molecule has 0 radical (unpaired) electrons. The van der Waals surface area contributed by atoms with E-state index in [0.29, 0.717) is 16.9 Å². The number of amides is 5. The molecule has 5 rings (SSSR count). The minimum absolute atomic E-state index is 0.0644. The fourth-order valence-corrected chi connectivity index (χ4v) is 6.54. The number of sulfonamides is 1. The number of ether oxygens (including phenoxy) is 1. The van der Waals surface area contributed by atoms with E-state index in [1.165, 1.54) is 49.4 Å². The summed E-state index contributed by atoms with van der Waals surface area (Å²) in [5, 5.41) is 2.79. The van der Waals surface area contributed by atoms with Crippen molar-refractivity contribution < 1.29 is 32.3 Å². The maximum Gasteiger partial charge on any atom is 0.330 e. The molecule has 2 heterocycles. The van der Waals surface area contributed by atoms with Gasteiger partial charge in [0.05, 0.1) is 15.6 Å². The maximum absolute atomic E-state index is 14.0. The summed E-state index contributed by atoms with van der Waals surface area (Å²) in [6.45, 7) is 2.08. The smallest absolute Gasteiger partial charge is 0.330 e.